The summed E-state index contributed by atoms with van der Waals surface area (Å²) in [6.45, 7) is 10.3. The van der Waals surface area contributed by atoms with Crippen LogP contribution < -0.4 is 4.74 Å². The molecule has 2 aromatic carbocycles. The zero-order valence-corrected chi connectivity index (χ0v) is 19.5. The maximum atomic E-state index is 11.5. The molecule has 0 bridgehead atoms. The topological polar surface area (TPSA) is 81.8 Å². The molecular weight excluding hydrogens is 418 g/mol. The number of carboxylic acids is 1. The predicted octanol–water partition coefficient (Wildman–Crippen LogP) is 5.48. The zero-order chi connectivity index (χ0) is 23.8. The predicted molar refractivity (Wildman–Crippen MR) is 128 cm³/mol. The van der Waals surface area contributed by atoms with Gasteiger partial charge in [0.15, 0.2) is 6.10 Å². The monoisotopic (exact) mass is 449 g/mol. The number of rotatable bonds is 12. The summed E-state index contributed by atoms with van der Waals surface area (Å²) in [5.74, 6) is 1.25. The highest BCUT2D eigenvalue weighted by Gasteiger charge is 2.20. The number of ether oxygens (including phenoxy) is 2. The molecule has 33 heavy (non-hydrogen) atoms. The maximum Gasteiger partial charge on any atom is 0.333 e. The van der Waals surface area contributed by atoms with Gasteiger partial charge in [-0.1, -0.05) is 36.4 Å². The van der Waals surface area contributed by atoms with Crippen LogP contribution >= 0.6 is 0 Å². The second kappa shape index (κ2) is 11.5. The maximum absolute atomic E-state index is 11.5. The van der Waals surface area contributed by atoms with Gasteiger partial charge in [-0.05, 0) is 56.0 Å². The van der Waals surface area contributed by atoms with Crippen molar-refractivity contribution in [3.8, 4) is 17.2 Å². The van der Waals surface area contributed by atoms with Crippen molar-refractivity contribution in [3.05, 3.63) is 83.3 Å². The molecule has 6 heteroatoms. The van der Waals surface area contributed by atoms with E-state index in [2.05, 4.69) is 11.6 Å². The lowest BCUT2D eigenvalue weighted by Gasteiger charge is -2.17. The van der Waals surface area contributed by atoms with Gasteiger partial charge in [-0.3, -0.25) is 0 Å². The molecule has 0 amide bonds. The van der Waals surface area contributed by atoms with E-state index in [9.17, 15) is 9.90 Å². The highest BCUT2D eigenvalue weighted by molar-refractivity contribution is 5.72. The van der Waals surface area contributed by atoms with Crippen LogP contribution in [0.25, 0.3) is 11.5 Å². The Bertz CT molecular complexity index is 1060. The highest BCUT2D eigenvalue weighted by atomic mass is 16.5. The van der Waals surface area contributed by atoms with Gasteiger partial charge in [0, 0.05) is 18.4 Å². The summed E-state index contributed by atoms with van der Waals surface area (Å²) in [7, 11) is 0. The van der Waals surface area contributed by atoms with Gasteiger partial charge in [-0.2, -0.15) is 0 Å². The van der Waals surface area contributed by atoms with Crippen LogP contribution in [0.15, 0.2) is 59.5 Å². The van der Waals surface area contributed by atoms with Crippen molar-refractivity contribution >= 4 is 5.97 Å². The van der Waals surface area contributed by atoms with Crippen molar-refractivity contribution in [1.29, 1.82) is 0 Å². The number of nitrogens with zero attached hydrogens (tertiary/aromatic N) is 1. The van der Waals surface area contributed by atoms with Crippen molar-refractivity contribution < 1.29 is 23.8 Å². The summed E-state index contributed by atoms with van der Waals surface area (Å²) in [5, 5.41) is 9.46. The van der Waals surface area contributed by atoms with Gasteiger partial charge in [-0.15, -0.1) is 6.58 Å². The summed E-state index contributed by atoms with van der Waals surface area (Å²) in [5.41, 5.74) is 4.65. The van der Waals surface area contributed by atoms with Crippen LogP contribution in [0.4, 0.5) is 0 Å². The summed E-state index contributed by atoms with van der Waals surface area (Å²) in [6, 6.07) is 13.7. The van der Waals surface area contributed by atoms with E-state index in [1.165, 1.54) is 0 Å². The molecule has 1 heterocycles. The molecule has 0 saturated heterocycles. The summed E-state index contributed by atoms with van der Waals surface area (Å²) < 4.78 is 17.4. The number of aromatic nitrogens is 1. The van der Waals surface area contributed by atoms with Crippen molar-refractivity contribution in [3.63, 3.8) is 0 Å². The van der Waals surface area contributed by atoms with Gasteiger partial charge in [0.05, 0.1) is 18.9 Å². The number of aliphatic carboxylic acids is 1. The number of hydrogen-bond donors (Lipinski definition) is 1. The Labute approximate surface area is 194 Å². The van der Waals surface area contributed by atoms with E-state index < -0.39 is 12.1 Å². The largest absolute Gasteiger partial charge is 0.493 e. The summed E-state index contributed by atoms with van der Waals surface area (Å²) in [4.78, 5) is 16.2. The van der Waals surface area contributed by atoms with Gasteiger partial charge < -0.3 is 19.0 Å². The third kappa shape index (κ3) is 6.56. The number of hydrogen-bond acceptors (Lipinski definition) is 5. The van der Waals surface area contributed by atoms with Crippen LogP contribution in [0.5, 0.6) is 5.75 Å². The van der Waals surface area contributed by atoms with E-state index in [0.29, 0.717) is 38.4 Å². The number of carboxylic acid groups (broad SMARTS) is 1. The van der Waals surface area contributed by atoms with Gasteiger partial charge in [0.1, 0.15) is 11.5 Å². The molecule has 0 aliphatic rings. The minimum Gasteiger partial charge on any atom is -0.493 e. The number of benzene rings is 2. The van der Waals surface area contributed by atoms with Crippen LogP contribution in [0, 0.1) is 20.8 Å². The second-order valence-electron chi connectivity index (χ2n) is 8.02. The average molecular weight is 450 g/mol. The lowest BCUT2D eigenvalue weighted by atomic mass is 10.0. The lowest BCUT2D eigenvalue weighted by molar-refractivity contribution is -0.150. The van der Waals surface area contributed by atoms with Crippen molar-refractivity contribution in [2.24, 2.45) is 0 Å². The molecule has 0 aliphatic heterocycles. The third-order valence-electron chi connectivity index (χ3n) is 5.36. The van der Waals surface area contributed by atoms with Crippen molar-refractivity contribution in [2.45, 2.75) is 46.1 Å². The molecule has 0 radical (unpaired) electrons. The van der Waals surface area contributed by atoms with E-state index in [-0.39, 0.29) is 0 Å². The molecule has 1 N–H and O–H groups in total. The smallest absolute Gasteiger partial charge is 0.333 e. The normalized spacial score (nSPS) is 11.8. The Kier molecular flexibility index (Phi) is 8.44. The molecule has 3 aromatic rings. The first-order valence-corrected chi connectivity index (χ1v) is 11.1. The number of aryl methyl sites for hydroxylation is 3. The number of carbonyl (C=O) groups is 1. The van der Waals surface area contributed by atoms with E-state index >= 15 is 0 Å². The minimum atomic E-state index is -0.965. The molecule has 0 aliphatic carbocycles. The molecule has 0 spiro atoms. The highest BCUT2D eigenvalue weighted by Crippen LogP contribution is 2.27. The summed E-state index contributed by atoms with van der Waals surface area (Å²) >= 11 is 0. The fourth-order valence-corrected chi connectivity index (χ4v) is 3.72. The standard InChI is InChI=1S/C27H31NO5/c1-5-6-13-31-24(27(29)30)17-21-15-18(2)25(19(3)16-21)32-14-12-23-20(4)33-26(28-23)22-10-8-7-9-11-22/h5,7-11,15-16,24H,1,6,12-14,17H2,2-4H3,(H,29,30)/t24-/m0/s1. The van der Waals surface area contributed by atoms with Crippen molar-refractivity contribution in [1.82, 2.24) is 4.98 Å². The average Bonchev–Trinajstić information content (AvgIpc) is 3.16. The lowest BCUT2D eigenvalue weighted by Crippen LogP contribution is -2.27. The van der Waals surface area contributed by atoms with Crippen LogP contribution in [-0.2, 0) is 22.4 Å². The SMILES string of the molecule is C=CCCO[C@@H](Cc1cc(C)c(OCCc2nc(-c3ccccc3)oc2C)c(C)c1)C(=O)O. The van der Waals surface area contributed by atoms with E-state index in [1.807, 2.05) is 63.2 Å². The molecule has 3 rings (SSSR count). The van der Waals surface area contributed by atoms with E-state index in [1.54, 1.807) is 6.08 Å². The Hall–Kier alpha value is -3.38. The fraction of sp³-hybridized carbons (Fsp3) is 0.333. The summed E-state index contributed by atoms with van der Waals surface area (Å²) in [6.07, 6.45) is 2.37. The van der Waals surface area contributed by atoms with Gasteiger partial charge in [0.25, 0.3) is 0 Å². The van der Waals surface area contributed by atoms with Gasteiger partial charge in [-0.25, -0.2) is 9.78 Å². The molecule has 174 valence electrons. The third-order valence-corrected chi connectivity index (χ3v) is 5.36. The molecule has 1 atom stereocenters. The Morgan fingerprint density at radius 2 is 1.85 bits per heavy atom. The molecule has 0 saturated carbocycles. The Morgan fingerprint density at radius 3 is 2.48 bits per heavy atom. The number of oxazole rings is 1. The quantitative estimate of drug-likeness (QED) is 0.291. The zero-order valence-electron chi connectivity index (χ0n) is 19.5. The van der Waals surface area contributed by atoms with Crippen LogP contribution in [0.3, 0.4) is 0 Å². The first-order chi connectivity index (χ1) is 15.9. The molecule has 0 unspecified atom stereocenters. The first-order valence-electron chi connectivity index (χ1n) is 11.1. The molecule has 1 aromatic heterocycles. The molecular formula is C27H31NO5. The Morgan fingerprint density at radius 1 is 1.15 bits per heavy atom. The van der Waals surface area contributed by atoms with Crippen LogP contribution in [0.1, 0.15) is 34.6 Å². The Balaban J connectivity index is 1.62. The minimum absolute atomic E-state index is 0.300. The molecule has 6 nitrogen and oxygen atoms in total. The fourth-order valence-electron chi connectivity index (χ4n) is 3.72. The second-order valence-corrected chi connectivity index (χ2v) is 8.02. The van der Waals surface area contributed by atoms with Gasteiger partial charge in [0.2, 0.25) is 5.89 Å². The van der Waals surface area contributed by atoms with E-state index in [4.69, 9.17) is 13.9 Å². The molecule has 0 fully saturated rings. The first kappa shape index (κ1) is 24.3. The van der Waals surface area contributed by atoms with Gasteiger partial charge >= 0.3 is 5.97 Å². The van der Waals surface area contributed by atoms with Crippen LogP contribution in [-0.4, -0.2) is 35.4 Å². The van der Waals surface area contributed by atoms with E-state index in [0.717, 1.165) is 39.5 Å². The van der Waals surface area contributed by atoms with Crippen molar-refractivity contribution in [2.75, 3.05) is 13.2 Å². The van der Waals surface area contributed by atoms with Crippen LogP contribution in [0.2, 0.25) is 0 Å².